The molecule has 0 unspecified atom stereocenters. The lowest BCUT2D eigenvalue weighted by Crippen LogP contribution is -2.33. The van der Waals surface area contributed by atoms with Gasteiger partial charge in [0.15, 0.2) is 11.5 Å². The van der Waals surface area contributed by atoms with Crippen molar-refractivity contribution in [1.29, 1.82) is 0 Å². The summed E-state index contributed by atoms with van der Waals surface area (Å²) >= 11 is 6.11. The summed E-state index contributed by atoms with van der Waals surface area (Å²) in [6.07, 6.45) is -4.80. The molecule has 0 atom stereocenters. The molecule has 5 rings (SSSR count). The van der Waals surface area contributed by atoms with E-state index < -0.39 is 43.8 Å². The molecule has 0 aliphatic carbocycles. The zero-order chi connectivity index (χ0) is 27.9. The maximum absolute atomic E-state index is 13.8. The van der Waals surface area contributed by atoms with Crippen LogP contribution < -0.4 is 19.8 Å². The zero-order valence-electron chi connectivity index (χ0n) is 20.2. The highest BCUT2D eigenvalue weighted by atomic mass is 35.5. The lowest BCUT2D eigenvalue weighted by molar-refractivity contribution is -0.137. The fraction of sp³-hybridized carbons (Fsp3) is 0.192. The van der Waals surface area contributed by atoms with Crippen molar-refractivity contribution in [3.8, 4) is 17.2 Å². The SMILES string of the molecule is COc1ccc2cc(CN(Cc3ccc4c(c3)OCO4)S(=O)(=O)c3cc(C(F)(F)F)ccc3Cl)c(=O)[nH]c2c1. The molecular formula is C26H20ClF3N2O6S. The first-order valence-corrected chi connectivity index (χ1v) is 13.2. The van der Waals surface area contributed by atoms with Crippen LogP contribution in [0.15, 0.2) is 70.4 Å². The second-order valence-corrected chi connectivity index (χ2v) is 11.0. The van der Waals surface area contributed by atoms with Crippen LogP contribution in [0.25, 0.3) is 10.9 Å². The Morgan fingerprint density at radius 2 is 1.77 bits per heavy atom. The van der Waals surface area contributed by atoms with Crippen LogP contribution in [-0.4, -0.2) is 31.6 Å². The molecule has 0 radical (unpaired) electrons. The summed E-state index contributed by atoms with van der Waals surface area (Å²) in [6, 6.07) is 13.3. The normalized spacial score (nSPS) is 13.3. The van der Waals surface area contributed by atoms with E-state index in [2.05, 4.69) is 4.98 Å². The van der Waals surface area contributed by atoms with E-state index in [4.69, 9.17) is 25.8 Å². The fourth-order valence-corrected chi connectivity index (χ4v) is 6.05. The molecule has 0 amide bonds. The number of hydrogen-bond donors (Lipinski definition) is 1. The molecule has 0 fully saturated rings. The van der Waals surface area contributed by atoms with Crippen molar-refractivity contribution in [2.24, 2.45) is 0 Å². The number of rotatable bonds is 7. The minimum atomic E-state index is -4.80. The van der Waals surface area contributed by atoms with E-state index in [1.54, 1.807) is 36.4 Å². The molecule has 39 heavy (non-hydrogen) atoms. The number of aromatic nitrogens is 1. The smallest absolute Gasteiger partial charge is 0.416 e. The van der Waals surface area contributed by atoms with Gasteiger partial charge in [0.25, 0.3) is 5.56 Å². The number of nitrogens with zero attached hydrogens (tertiary/aromatic N) is 1. The van der Waals surface area contributed by atoms with Crippen LogP contribution in [-0.2, 0) is 29.3 Å². The van der Waals surface area contributed by atoms with Gasteiger partial charge in [0.2, 0.25) is 16.8 Å². The Morgan fingerprint density at radius 1 is 1.00 bits per heavy atom. The maximum Gasteiger partial charge on any atom is 0.416 e. The van der Waals surface area contributed by atoms with Crippen LogP contribution in [0.4, 0.5) is 13.2 Å². The Balaban J connectivity index is 1.60. The Bertz CT molecular complexity index is 1740. The summed E-state index contributed by atoms with van der Waals surface area (Å²) in [5, 5.41) is 0.209. The number of benzene rings is 3. The number of H-pyrrole nitrogens is 1. The minimum Gasteiger partial charge on any atom is -0.497 e. The number of sulfonamides is 1. The lowest BCUT2D eigenvalue weighted by Gasteiger charge is -2.23. The largest absolute Gasteiger partial charge is 0.497 e. The van der Waals surface area contributed by atoms with Crippen LogP contribution in [0.2, 0.25) is 5.02 Å². The first-order valence-electron chi connectivity index (χ1n) is 11.4. The second-order valence-electron chi connectivity index (χ2n) is 8.68. The Labute approximate surface area is 225 Å². The summed E-state index contributed by atoms with van der Waals surface area (Å²) in [5.41, 5.74) is -0.759. The third-order valence-electron chi connectivity index (χ3n) is 6.15. The molecule has 0 bridgehead atoms. The van der Waals surface area contributed by atoms with Gasteiger partial charge in [-0.05, 0) is 59.5 Å². The molecule has 3 aromatic carbocycles. The third kappa shape index (κ3) is 5.40. The van der Waals surface area contributed by atoms with Gasteiger partial charge in [-0.2, -0.15) is 17.5 Å². The molecule has 0 saturated carbocycles. The molecule has 2 heterocycles. The van der Waals surface area contributed by atoms with Crippen molar-refractivity contribution in [1.82, 2.24) is 9.29 Å². The van der Waals surface area contributed by atoms with Crippen molar-refractivity contribution in [2.75, 3.05) is 13.9 Å². The van der Waals surface area contributed by atoms with E-state index in [9.17, 15) is 26.4 Å². The van der Waals surface area contributed by atoms with E-state index in [1.165, 1.54) is 13.2 Å². The molecule has 1 aliphatic rings. The van der Waals surface area contributed by atoms with E-state index in [1.807, 2.05) is 0 Å². The van der Waals surface area contributed by atoms with Gasteiger partial charge in [0.05, 0.1) is 23.2 Å². The highest BCUT2D eigenvalue weighted by Crippen LogP contribution is 2.36. The number of methoxy groups -OCH3 is 1. The highest BCUT2D eigenvalue weighted by molar-refractivity contribution is 7.89. The van der Waals surface area contributed by atoms with Gasteiger partial charge in [0.1, 0.15) is 10.6 Å². The van der Waals surface area contributed by atoms with Gasteiger partial charge in [-0.1, -0.05) is 17.7 Å². The number of alkyl halides is 3. The van der Waals surface area contributed by atoms with Gasteiger partial charge >= 0.3 is 6.18 Å². The van der Waals surface area contributed by atoms with Crippen molar-refractivity contribution in [3.63, 3.8) is 0 Å². The van der Waals surface area contributed by atoms with Gasteiger partial charge in [-0.25, -0.2) is 8.42 Å². The molecule has 204 valence electrons. The van der Waals surface area contributed by atoms with E-state index >= 15 is 0 Å². The molecule has 8 nitrogen and oxygen atoms in total. The van der Waals surface area contributed by atoms with Crippen molar-refractivity contribution in [3.05, 3.63) is 92.7 Å². The Morgan fingerprint density at radius 3 is 2.51 bits per heavy atom. The topological polar surface area (TPSA) is 97.9 Å². The molecule has 0 spiro atoms. The van der Waals surface area contributed by atoms with E-state index in [-0.39, 0.29) is 18.9 Å². The van der Waals surface area contributed by atoms with E-state index in [0.717, 1.165) is 10.4 Å². The maximum atomic E-state index is 13.8. The second kappa shape index (κ2) is 10.1. The third-order valence-corrected chi connectivity index (χ3v) is 8.42. The Hall–Kier alpha value is -3.74. The monoisotopic (exact) mass is 580 g/mol. The van der Waals surface area contributed by atoms with E-state index in [0.29, 0.717) is 45.8 Å². The fourth-order valence-electron chi connectivity index (χ4n) is 4.15. The number of ether oxygens (including phenoxy) is 3. The standard InChI is InChI=1S/C26H20ClF3N2O6S/c1-36-19-5-3-16-9-17(25(33)31-21(16)11-19)13-32(12-15-2-7-22-23(8-15)38-14-37-22)39(34,35)24-10-18(26(28,29)30)4-6-20(24)27/h2-11H,12-14H2,1H3,(H,31,33). The summed E-state index contributed by atoms with van der Waals surface area (Å²) in [5.74, 6) is 1.37. The highest BCUT2D eigenvalue weighted by Gasteiger charge is 2.35. The molecule has 0 saturated heterocycles. The van der Waals surface area contributed by atoms with Gasteiger partial charge in [-0.3, -0.25) is 4.79 Å². The predicted octanol–water partition coefficient (Wildman–Crippen LogP) is 5.33. The molecule has 1 aliphatic heterocycles. The average Bonchev–Trinajstić information content (AvgIpc) is 3.35. The molecular weight excluding hydrogens is 561 g/mol. The number of nitrogens with one attached hydrogen (secondary N) is 1. The molecule has 13 heteroatoms. The zero-order valence-corrected chi connectivity index (χ0v) is 21.8. The predicted molar refractivity (Wildman–Crippen MR) is 137 cm³/mol. The Kier molecular flexibility index (Phi) is 6.95. The van der Waals surface area contributed by atoms with Crippen molar-refractivity contribution in [2.45, 2.75) is 24.2 Å². The quantitative estimate of drug-likeness (QED) is 0.317. The average molecular weight is 581 g/mol. The first kappa shape index (κ1) is 26.9. The summed E-state index contributed by atoms with van der Waals surface area (Å²) in [4.78, 5) is 14.9. The van der Waals surface area contributed by atoms with Crippen molar-refractivity contribution < 1.29 is 35.8 Å². The first-order chi connectivity index (χ1) is 18.5. The molecule has 4 aromatic rings. The van der Waals surface area contributed by atoms with Crippen LogP contribution in [0.5, 0.6) is 17.2 Å². The van der Waals surface area contributed by atoms with Crippen LogP contribution in [0.1, 0.15) is 16.7 Å². The van der Waals surface area contributed by atoms with Gasteiger partial charge < -0.3 is 19.2 Å². The van der Waals surface area contributed by atoms with Gasteiger partial charge in [-0.15, -0.1) is 0 Å². The van der Waals surface area contributed by atoms with Crippen LogP contribution in [0, 0.1) is 0 Å². The molecule has 1 N–H and O–H groups in total. The lowest BCUT2D eigenvalue weighted by atomic mass is 10.1. The number of pyridine rings is 1. The number of fused-ring (bicyclic) bond motifs is 2. The van der Waals surface area contributed by atoms with Crippen LogP contribution in [0.3, 0.4) is 0 Å². The number of halogens is 4. The van der Waals surface area contributed by atoms with Crippen molar-refractivity contribution >= 4 is 32.5 Å². The summed E-state index contributed by atoms with van der Waals surface area (Å²) in [6.45, 7) is -0.760. The minimum absolute atomic E-state index is 0.00209. The number of aromatic amines is 1. The number of hydrogen-bond acceptors (Lipinski definition) is 6. The summed E-state index contributed by atoms with van der Waals surface area (Å²) < 4.78 is 84.7. The summed E-state index contributed by atoms with van der Waals surface area (Å²) in [7, 11) is -3.17. The van der Waals surface area contributed by atoms with Gasteiger partial charge in [0, 0.05) is 24.7 Å². The van der Waals surface area contributed by atoms with Crippen LogP contribution >= 0.6 is 11.6 Å². The molecule has 1 aromatic heterocycles.